The molecular weight excluding hydrogens is 396 g/mol. The minimum atomic E-state index is -0.136. The maximum Gasteiger partial charge on any atom is 0.252 e. The summed E-state index contributed by atoms with van der Waals surface area (Å²) in [7, 11) is 0. The second kappa shape index (κ2) is 9.63. The summed E-state index contributed by atoms with van der Waals surface area (Å²) in [4.78, 5) is 27.8. The topological polar surface area (TPSA) is 67.2 Å². The predicted octanol–water partition coefficient (Wildman–Crippen LogP) is 3.52. The summed E-state index contributed by atoms with van der Waals surface area (Å²) in [5.41, 5.74) is 2.58. The Kier molecular flexibility index (Phi) is 6.49. The maximum atomic E-state index is 12.8. The Morgan fingerprint density at radius 1 is 1.00 bits per heavy atom. The van der Waals surface area contributed by atoms with Crippen molar-refractivity contribution in [3.05, 3.63) is 78.1 Å². The number of thioether (sulfide) groups is 1. The molecule has 2 heterocycles. The zero-order valence-corrected chi connectivity index (χ0v) is 17.5. The normalized spacial score (nSPS) is 13.4. The number of rotatable bonds is 7. The van der Waals surface area contributed by atoms with Gasteiger partial charge in [0.05, 0.1) is 17.0 Å². The van der Waals surface area contributed by atoms with Crippen LogP contribution in [0, 0.1) is 0 Å². The van der Waals surface area contributed by atoms with Crippen LogP contribution in [0.1, 0.15) is 28.8 Å². The number of carbonyl (C=O) groups excluding carboxylic acids is 2. The summed E-state index contributed by atoms with van der Waals surface area (Å²) in [6.07, 6.45) is 5.79. The van der Waals surface area contributed by atoms with Crippen molar-refractivity contribution >= 4 is 23.6 Å². The van der Waals surface area contributed by atoms with Crippen molar-refractivity contribution in [2.45, 2.75) is 24.3 Å². The van der Waals surface area contributed by atoms with Gasteiger partial charge in [0.2, 0.25) is 5.91 Å². The SMILES string of the molecule is O=C(NCc1ccc(-n2cccn2)cc1)c1ccccc1SCC(=O)N1CCCC1. The minimum Gasteiger partial charge on any atom is -0.348 e. The van der Waals surface area contributed by atoms with Crippen LogP contribution in [0.25, 0.3) is 5.69 Å². The predicted molar refractivity (Wildman–Crippen MR) is 118 cm³/mol. The summed E-state index contributed by atoms with van der Waals surface area (Å²) >= 11 is 1.43. The Hall–Kier alpha value is -3.06. The lowest BCUT2D eigenvalue weighted by molar-refractivity contribution is -0.127. The summed E-state index contributed by atoms with van der Waals surface area (Å²) in [6, 6.07) is 17.2. The first-order chi connectivity index (χ1) is 14.7. The highest BCUT2D eigenvalue weighted by molar-refractivity contribution is 8.00. The molecule has 1 fully saturated rings. The highest BCUT2D eigenvalue weighted by Crippen LogP contribution is 2.24. The Morgan fingerprint density at radius 3 is 2.50 bits per heavy atom. The van der Waals surface area contributed by atoms with Crippen LogP contribution >= 0.6 is 11.8 Å². The van der Waals surface area contributed by atoms with Crippen LogP contribution < -0.4 is 5.32 Å². The lowest BCUT2D eigenvalue weighted by Crippen LogP contribution is -2.29. The van der Waals surface area contributed by atoms with E-state index < -0.39 is 0 Å². The molecule has 0 atom stereocenters. The number of hydrogen-bond acceptors (Lipinski definition) is 4. The standard InChI is InChI=1S/C23H24N4O2S/c28-22(26-13-3-4-14-26)17-30-21-7-2-1-6-20(21)23(29)24-16-18-8-10-19(11-9-18)27-15-5-12-25-27/h1-2,5-12,15H,3-4,13-14,16-17H2,(H,24,29). The van der Waals surface area contributed by atoms with E-state index in [2.05, 4.69) is 10.4 Å². The number of aromatic nitrogens is 2. The van der Waals surface area contributed by atoms with Gasteiger partial charge in [-0.3, -0.25) is 9.59 Å². The first kappa shape index (κ1) is 20.2. The summed E-state index contributed by atoms with van der Waals surface area (Å²) < 4.78 is 1.79. The monoisotopic (exact) mass is 420 g/mol. The molecule has 154 valence electrons. The van der Waals surface area contributed by atoms with Gasteiger partial charge >= 0.3 is 0 Å². The van der Waals surface area contributed by atoms with Crippen LogP contribution in [-0.2, 0) is 11.3 Å². The second-order valence-electron chi connectivity index (χ2n) is 7.17. The molecule has 0 unspecified atom stereocenters. The summed E-state index contributed by atoms with van der Waals surface area (Å²) in [5, 5.41) is 7.19. The number of nitrogens with zero attached hydrogens (tertiary/aromatic N) is 3. The van der Waals surface area contributed by atoms with Gasteiger partial charge < -0.3 is 10.2 Å². The zero-order chi connectivity index (χ0) is 20.8. The molecule has 0 radical (unpaired) electrons. The van der Waals surface area contributed by atoms with Gasteiger partial charge in [0.15, 0.2) is 0 Å². The van der Waals surface area contributed by atoms with Gasteiger partial charge in [-0.15, -0.1) is 11.8 Å². The van der Waals surface area contributed by atoms with Crippen molar-refractivity contribution in [2.75, 3.05) is 18.8 Å². The Balaban J connectivity index is 1.34. The van der Waals surface area contributed by atoms with Crippen LogP contribution in [0.5, 0.6) is 0 Å². The Bertz CT molecular complexity index is 996. The zero-order valence-electron chi connectivity index (χ0n) is 16.7. The molecular formula is C23H24N4O2S. The molecule has 1 aromatic heterocycles. The molecule has 1 saturated heterocycles. The first-order valence-corrected chi connectivity index (χ1v) is 11.1. The maximum absolute atomic E-state index is 12.8. The second-order valence-corrected chi connectivity index (χ2v) is 8.19. The van der Waals surface area contributed by atoms with Crippen LogP contribution in [0.3, 0.4) is 0 Å². The summed E-state index contributed by atoms with van der Waals surface area (Å²) in [5.74, 6) is 0.368. The van der Waals surface area contributed by atoms with Crippen molar-refractivity contribution in [3.8, 4) is 5.69 Å². The first-order valence-electron chi connectivity index (χ1n) is 10.1. The van der Waals surface area contributed by atoms with Crippen molar-refractivity contribution in [2.24, 2.45) is 0 Å². The number of carbonyl (C=O) groups is 2. The van der Waals surface area contributed by atoms with E-state index in [1.165, 1.54) is 11.8 Å². The Labute approximate surface area is 180 Å². The fourth-order valence-corrected chi connectivity index (χ4v) is 4.40. The molecule has 7 heteroatoms. The van der Waals surface area contributed by atoms with Gasteiger partial charge in [0.1, 0.15) is 0 Å². The van der Waals surface area contributed by atoms with Crippen LogP contribution in [-0.4, -0.2) is 45.3 Å². The molecule has 2 aromatic carbocycles. The average Bonchev–Trinajstić information content (AvgIpc) is 3.51. The molecule has 1 N–H and O–H groups in total. The molecule has 1 aliphatic rings. The van der Waals surface area contributed by atoms with Gasteiger partial charge in [-0.1, -0.05) is 24.3 Å². The molecule has 1 aliphatic heterocycles. The largest absolute Gasteiger partial charge is 0.348 e. The van der Waals surface area contributed by atoms with Gasteiger partial charge in [-0.25, -0.2) is 4.68 Å². The average molecular weight is 421 g/mol. The van der Waals surface area contributed by atoms with Crippen molar-refractivity contribution in [1.29, 1.82) is 0 Å². The van der Waals surface area contributed by atoms with Crippen molar-refractivity contribution < 1.29 is 9.59 Å². The van der Waals surface area contributed by atoms with E-state index in [4.69, 9.17) is 0 Å². The molecule has 0 spiro atoms. The molecule has 4 rings (SSSR count). The number of likely N-dealkylation sites (tertiary alicyclic amines) is 1. The smallest absolute Gasteiger partial charge is 0.252 e. The molecule has 2 amide bonds. The van der Waals surface area contributed by atoms with Crippen molar-refractivity contribution in [1.82, 2.24) is 20.0 Å². The fourth-order valence-electron chi connectivity index (χ4n) is 3.44. The molecule has 0 aliphatic carbocycles. The minimum absolute atomic E-state index is 0.136. The van der Waals surface area contributed by atoms with Crippen molar-refractivity contribution in [3.63, 3.8) is 0 Å². The molecule has 30 heavy (non-hydrogen) atoms. The number of hydrogen-bond donors (Lipinski definition) is 1. The van der Waals surface area contributed by atoms with E-state index in [1.807, 2.05) is 59.6 Å². The van der Waals surface area contributed by atoms with Gasteiger partial charge in [-0.05, 0) is 48.7 Å². The Morgan fingerprint density at radius 2 is 1.77 bits per heavy atom. The third-order valence-electron chi connectivity index (χ3n) is 5.10. The molecule has 6 nitrogen and oxygen atoms in total. The third-order valence-corrected chi connectivity index (χ3v) is 6.16. The van der Waals surface area contributed by atoms with Crippen LogP contribution in [0.2, 0.25) is 0 Å². The highest BCUT2D eigenvalue weighted by Gasteiger charge is 2.19. The van der Waals surface area contributed by atoms with Crippen LogP contribution in [0.4, 0.5) is 0 Å². The highest BCUT2D eigenvalue weighted by atomic mass is 32.2. The number of nitrogens with one attached hydrogen (secondary N) is 1. The van der Waals surface area contributed by atoms with E-state index in [-0.39, 0.29) is 11.8 Å². The molecule has 0 saturated carbocycles. The van der Waals surface area contributed by atoms with E-state index in [1.54, 1.807) is 16.9 Å². The lowest BCUT2D eigenvalue weighted by atomic mass is 10.2. The molecule has 0 bridgehead atoms. The molecule has 3 aromatic rings. The number of amides is 2. The van der Waals surface area contributed by atoms with Gasteiger partial charge in [0.25, 0.3) is 5.91 Å². The van der Waals surface area contributed by atoms with Gasteiger partial charge in [0, 0.05) is 36.9 Å². The van der Waals surface area contributed by atoms with E-state index in [0.29, 0.717) is 17.9 Å². The van der Waals surface area contributed by atoms with Gasteiger partial charge in [-0.2, -0.15) is 5.10 Å². The van der Waals surface area contributed by atoms with E-state index in [9.17, 15) is 9.59 Å². The van der Waals surface area contributed by atoms with Crippen LogP contribution in [0.15, 0.2) is 71.9 Å². The lowest BCUT2D eigenvalue weighted by Gasteiger charge is -2.15. The quantitative estimate of drug-likeness (QED) is 0.594. The third kappa shape index (κ3) is 4.91. The fraction of sp³-hybridized carbons (Fsp3) is 0.261. The number of benzene rings is 2. The summed E-state index contributed by atoms with van der Waals surface area (Å²) in [6.45, 7) is 2.13. The van der Waals surface area contributed by atoms with E-state index in [0.717, 1.165) is 42.1 Å². The van der Waals surface area contributed by atoms with E-state index >= 15 is 0 Å².